The molecule has 1 atom stereocenters. The maximum atomic E-state index is 11.9. The molecule has 0 saturated carbocycles. The highest BCUT2D eigenvalue weighted by molar-refractivity contribution is 5.76. The summed E-state index contributed by atoms with van der Waals surface area (Å²) in [5.41, 5.74) is 0. The van der Waals surface area contributed by atoms with E-state index in [4.69, 9.17) is 4.74 Å². The van der Waals surface area contributed by atoms with Crippen molar-refractivity contribution < 1.29 is 9.53 Å². The number of nitrogens with one attached hydrogen (secondary N) is 2. The van der Waals surface area contributed by atoms with E-state index in [9.17, 15) is 4.79 Å². The second-order valence-corrected chi connectivity index (χ2v) is 5.78. The van der Waals surface area contributed by atoms with E-state index in [1.807, 2.05) is 30.3 Å². The molecular formula is C17H26N2O2. The summed E-state index contributed by atoms with van der Waals surface area (Å²) in [6, 6.07) is 9.67. The summed E-state index contributed by atoms with van der Waals surface area (Å²) in [7, 11) is 0. The van der Waals surface area contributed by atoms with Crippen molar-refractivity contribution in [2.45, 2.75) is 26.2 Å². The summed E-state index contributed by atoms with van der Waals surface area (Å²) >= 11 is 0. The van der Waals surface area contributed by atoms with Crippen LogP contribution in [0.25, 0.3) is 0 Å². The molecule has 0 bridgehead atoms. The number of benzene rings is 1. The minimum Gasteiger partial charge on any atom is -0.492 e. The molecule has 1 saturated heterocycles. The molecule has 116 valence electrons. The lowest BCUT2D eigenvalue weighted by molar-refractivity contribution is -0.122. The Morgan fingerprint density at radius 3 is 2.76 bits per heavy atom. The summed E-state index contributed by atoms with van der Waals surface area (Å²) < 4.78 is 5.55. The first-order chi connectivity index (χ1) is 10.3. The zero-order valence-corrected chi connectivity index (χ0v) is 12.8. The zero-order valence-electron chi connectivity index (χ0n) is 12.8. The van der Waals surface area contributed by atoms with E-state index in [0.29, 0.717) is 31.4 Å². The van der Waals surface area contributed by atoms with Gasteiger partial charge in [0, 0.05) is 6.42 Å². The van der Waals surface area contributed by atoms with Crippen LogP contribution in [0.2, 0.25) is 0 Å². The number of amides is 1. The number of carbonyl (C=O) groups is 1. The minimum absolute atomic E-state index is 0.137. The van der Waals surface area contributed by atoms with Crippen LogP contribution in [0.3, 0.4) is 0 Å². The fourth-order valence-corrected chi connectivity index (χ4v) is 2.82. The predicted octanol–water partition coefficient (Wildman–Crippen LogP) is 2.21. The van der Waals surface area contributed by atoms with Crippen LogP contribution in [0.4, 0.5) is 0 Å². The highest BCUT2D eigenvalue weighted by Gasteiger charge is 2.21. The third kappa shape index (κ3) is 5.76. The van der Waals surface area contributed by atoms with Crippen LogP contribution >= 0.6 is 0 Å². The fourth-order valence-electron chi connectivity index (χ4n) is 2.82. The van der Waals surface area contributed by atoms with Gasteiger partial charge in [0.05, 0.1) is 6.54 Å². The smallest absolute Gasteiger partial charge is 0.220 e. The van der Waals surface area contributed by atoms with Crippen LogP contribution in [0, 0.1) is 11.8 Å². The Kier molecular flexibility index (Phi) is 6.54. The highest BCUT2D eigenvalue weighted by atomic mass is 16.5. The Bertz CT molecular complexity index is 416. The second kappa shape index (κ2) is 8.67. The molecule has 0 spiro atoms. The predicted molar refractivity (Wildman–Crippen MR) is 84.3 cm³/mol. The van der Waals surface area contributed by atoms with E-state index in [2.05, 4.69) is 17.6 Å². The largest absolute Gasteiger partial charge is 0.492 e. The van der Waals surface area contributed by atoms with Crippen LogP contribution in [0.1, 0.15) is 26.2 Å². The molecule has 1 aromatic rings. The van der Waals surface area contributed by atoms with Gasteiger partial charge in [0.1, 0.15) is 12.4 Å². The lowest BCUT2D eigenvalue weighted by Crippen LogP contribution is -2.34. The number of ether oxygens (including phenoxy) is 1. The van der Waals surface area contributed by atoms with E-state index < -0.39 is 0 Å². The maximum Gasteiger partial charge on any atom is 0.220 e. The lowest BCUT2D eigenvalue weighted by atomic mass is 9.84. The maximum absolute atomic E-state index is 11.9. The first-order valence-corrected chi connectivity index (χ1v) is 7.91. The van der Waals surface area contributed by atoms with Gasteiger partial charge in [0.15, 0.2) is 0 Å². The molecule has 0 aliphatic carbocycles. The van der Waals surface area contributed by atoms with Gasteiger partial charge in [-0.05, 0) is 49.9 Å². The van der Waals surface area contributed by atoms with Crippen LogP contribution in [0.15, 0.2) is 30.3 Å². The number of piperidine rings is 1. The third-order valence-corrected chi connectivity index (χ3v) is 4.13. The van der Waals surface area contributed by atoms with Crippen molar-refractivity contribution in [3.8, 4) is 5.75 Å². The minimum atomic E-state index is 0.137. The van der Waals surface area contributed by atoms with Crippen LogP contribution in [-0.4, -0.2) is 32.1 Å². The van der Waals surface area contributed by atoms with Crippen LogP contribution in [0.5, 0.6) is 5.75 Å². The number of carbonyl (C=O) groups excluding carboxylic acids is 1. The van der Waals surface area contributed by atoms with E-state index >= 15 is 0 Å². The average Bonchev–Trinajstić information content (AvgIpc) is 2.53. The van der Waals surface area contributed by atoms with Crippen LogP contribution in [-0.2, 0) is 4.79 Å². The van der Waals surface area contributed by atoms with Gasteiger partial charge in [-0.1, -0.05) is 25.1 Å². The quantitative estimate of drug-likeness (QED) is 0.757. The van der Waals surface area contributed by atoms with Crippen molar-refractivity contribution >= 4 is 5.91 Å². The van der Waals surface area contributed by atoms with Crippen LogP contribution < -0.4 is 15.4 Å². The summed E-state index contributed by atoms with van der Waals surface area (Å²) in [5.74, 6) is 2.12. The van der Waals surface area contributed by atoms with Gasteiger partial charge in [-0.3, -0.25) is 4.79 Å². The van der Waals surface area contributed by atoms with Gasteiger partial charge in [0.25, 0.3) is 0 Å². The Balaban J connectivity index is 1.58. The molecule has 2 rings (SSSR count). The van der Waals surface area contributed by atoms with E-state index in [1.54, 1.807) is 0 Å². The Hall–Kier alpha value is -1.55. The lowest BCUT2D eigenvalue weighted by Gasteiger charge is -2.27. The monoisotopic (exact) mass is 290 g/mol. The molecule has 4 nitrogen and oxygen atoms in total. The van der Waals surface area contributed by atoms with E-state index in [0.717, 1.165) is 18.8 Å². The molecular weight excluding hydrogens is 264 g/mol. The molecule has 2 N–H and O–H groups in total. The van der Waals surface area contributed by atoms with Crippen molar-refractivity contribution in [1.82, 2.24) is 10.6 Å². The summed E-state index contributed by atoms with van der Waals surface area (Å²) in [6.07, 6.45) is 2.99. The molecule has 1 aliphatic rings. The normalized spacial score (nSPS) is 17.2. The SMILES string of the molecule is CC(CC(=O)NCCOc1ccccc1)C1CCNCC1. The Morgan fingerprint density at radius 2 is 2.05 bits per heavy atom. The summed E-state index contributed by atoms with van der Waals surface area (Å²) in [6.45, 7) is 5.43. The summed E-state index contributed by atoms with van der Waals surface area (Å²) in [4.78, 5) is 11.9. The van der Waals surface area contributed by atoms with Crippen molar-refractivity contribution in [3.05, 3.63) is 30.3 Å². The van der Waals surface area contributed by atoms with Gasteiger partial charge in [-0.25, -0.2) is 0 Å². The standard InChI is InChI=1S/C17H26N2O2/c1-14(15-7-9-18-10-8-15)13-17(20)19-11-12-21-16-5-3-2-4-6-16/h2-6,14-15,18H,7-13H2,1H3,(H,19,20). The molecule has 0 radical (unpaired) electrons. The van der Waals surface area contributed by atoms with Gasteiger partial charge in [-0.15, -0.1) is 0 Å². The van der Waals surface area contributed by atoms with Crippen molar-refractivity contribution in [2.24, 2.45) is 11.8 Å². The molecule has 0 aromatic heterocycles. The fraction of sp³-hybridized carbons (Fsp3) is 0.588. The molecule has 1 amide bonds. The zero-order chi connectivity index (χ0) is 14.9. The molecule has 4 heteroatoms. The molecule has 21 heavy (non-hydrogen) atoms. The molecule has 1 aliphatic heterocycles. The van der Waals surface area contributed by atoms with Crippen molar-refractivity contribution in [3.63, 3.8) is 0 Å². The van der Waals surface area contributed by atoms with Gasteiger partial charge in [0.2, 0.25) is 5.91 Å². The summed E-state index contributed by atoms with van der Waals surface area (Å²) in [5, 5.41) is 6.31. The molecule has 1 aromatic carbocycles. The van der Waals surface area contributed by atoms with Gasteiger partial charge >= 0.3 is 0 Å². The first-order valence-electron chi connectivity index (χ1n) is 7.91. The Morgan fingerprint density at radius 1 is 1.33 bits per heavy atom. The highest BCUT2D eigenvalue weighted by Crippen LogP contribution is 2.24. The molecule has 1 unspecified atom stereocenters. The Labute approximate surface area is 127 Å². The number of hydrogen-bond acceptors (Lipinski definition) is 3. The first kappa shape index (κ1) is 15.8. The van der Waals surface area contributed by atoms with Gasteiger partial charge < -0.3 is 15.4 Å². The number of rotatable bonds is 7. The topological polar surface area (TPSA) is 50.4 Å². The third-order valence-electron chi connectivity index (χ3n) is 4.13. The van der Waals surface area contributed by atoms with Crippen molar-refractivity contribution in [2.75, 3.05) is 26.2 Å². The molecule has 1 heterocycles. The average molecular weight is 290 g/mol. The van der Waals surface area contributed by atoms with E-state index in [1.165, 1.54) is 12.8 Å². The number of hydrogen-bond donors (Lipinski definition) is 2. The van der Waals surface area contributed by atoms with Gasteiger partial charge in [-0.2, -0.15) is 0 Å². The molecule has 1 fully saturated rings. The van der Waals surface area contributed by atoms with E-state index in [-0.39, 0.29) is 5.91 Å². The number of para-hydroxylation sites is 1. The second-order valence-electron chi connectivity index (χ2n) is 5.78. The van der Waals surface area contributed by atoms with Crippen molar-refractivity contribution in [1.29, 1.82) is 0 Å².